The van der Waals surface area contributed by atoms with Crippen molar-refractivity contribution in [3.63, 3.8) is 0 Å². The fourth-order valence-electron chi connectivity index (χ4n) is 3.37. The lowest BCUT2D eigenvalue weighted by Gasteiger charge is -2.25. The lowest BCUT2D eigenvalue weighted by molar-refractivity contribution is -0.123. The molecule has 2 aromatic heterocycles. The Balaban J connectivity index is 1.90. The highest BCUT2D eigenvalue weighted by atomic mass is 32.1. The lowest BCUT2D eigenvalue weighted by atomic mass is 10.1. The molecule has 0 spiro atoms. The topological polar surface area (TPSA) is 95.2 Å². The molecule has 0 atom stereocenters. The van der Waals surface area contributed by atoms with Crippen molar-refractivity contribution in [2.75, 3.05) is 13.1 Å². The zero-order valence-corrected chi connectivity index (χ0v) is 19.4. The monoisotopic (exact) mass is 440 g/mol. The lowest BCUT2D eigenvalue weighted by Crippen LogP contribution is -2.47. The van der Waals surface area contributed by atoms with Crippen molar-refractivity contribution in [3.05, 3.63) is 62.5 Å². The third kappa shape index (κ3) is 5.38. The van der Waals surface area contributed by atoms with Crippen LogP contribution in [0.1, 0.15) is 54.3 Å². The molecule has 0 aliphatic rings. The van der Waals surface area contributed by atoms with Gasteiger partial charge in [0.2, 0.25) is 5.91 Å². The number of hydrogen-bond donors (Lipinski definition) is 2. The van der Waals surface area contributed by atoms with E-state index in [0.717, 1.165) is 5.56 Å². The first kappa shape index (κ1) is 22.7. The molecule has 0 saturated heterocycles. The molecular weight excluding hydrogens is 412 g/mol. The molecule has 0 unspecified atom stereocenters. The standard InChI is InChI=1S/C23H28N4O3S/c1-6-27(13-17(28)26-23(3,4)5)22(30)19-14(2)18-20(29)24-16(25-21(18)31-19)12-15-10-8-7-9-11-15/h7-11H,6,12-13H2,1-5H3,(H,26,28)(H,24,25,29). The number of aryl methyl sites for hydroxylation is 1. The van der Waals surface area contributed by atoms with Crippen LogP contribution in [0.4, 0.5) is 0 Å². The van der Waals surface area contributed by atoms with Crippen molar-refractivity contribution in [1.82, 2.24) is 20.2 Å². The van der Waals surface area contributed by atoms with E-state index in [4.69, 9.17) is 0 Å². The Morgan fingerprint density at radius 2 is 1.87 bits per heavy atom. The van der Waals surface area contributed by atoms with Crippen molar-refractivity contribution in [2.24, 2.45) is 0 Å². The molecule has 1 aromatic carbocycles. The summed E-state index contributed by atoms with van der Waals surface area (Å²) in [5.74, 6) is 0.0690. The molecule has 31 heavy (non-hydrogen) atoms. The van der Waals surface area contributed by atoms with E-state index in [9.17, 15) is 14.4 Å². The average molecular weight is 441 g/mol. The van der Waals surface area contributed by atoms with Crippen molar-refractivity contribution < 1.29 is 9.59 Å². The zero-order chi connectivity index (χ0) is 22.8. The Morgan fingerprint density at radius 1 is 1.19 bits per heavy atom. The highest BCUT2D eigenvalue weighted by Crippen LogP contribution is 2.28. The maximum absolute atomic E-state index is 13.2. The number of nitrogens with one attached hydrogen (secondary N) is 2. The maximum atomic E-state index is 13.2. The first-order valence-corrected chi connectivity index (χ1v) is 11.1. The van der Waals surface area contributed by atoms with E-state index >= 15 is 0 Å². The molecule has 164 valence electrons. The molecular formula is C23H28N4O3S. The number of fused-ring (bicyclic) bond motifs is 1. The Labute approximate surface area is 185 Å². The van der Waals surface area contributed by atoms with Gasteiger partial charge in [0.15, 0.2) is 0 Å². The van der Waals surface area contributed by atoms with E-state index in [2.05, 4.69) is 15.3 Å². The molecule has 3 rings (SSSR count). The molecule has 0 bridgehead atoms. The molecule has 0 saturated carbocycles. The summed E-state index contributed by atoms with van der Waals surface area (Å²) in [7, 11) is 0. The minimum absolute atomic E-state index is 0.0384. The Hall–Kier alpha value is -3.00. The van der Waals surface area contributed by atoms with Crippen LogP contribution in [0.3, 0.4) is 0 Å². The SMILES string of the molecule is CCN(CC(=O)NC(C)(C)C)C(=O)c1sc2nc(Cc3ccccc3)[nH]c(=O)c2c1C. The predicted molar refractivity (Wildman–Crippen MR) is 124 cm³/mol. The van der Waals surface area contributed by atoms with Gasteiger partial charge in [0.1, 0.15) is 10.7 Å². The van der Waals surface area contributed by atoms with Crippen LogP contribution >= 0.6 is 11.3 Å². The smallest absolute Gasteiger partial charge is 0.264 e. The third-order valence-corrected chi connectivity index (χ3v) is 5.95. The molecule has 0 aliphatic heterocycles. The van der Waals surface area contributed by atoms with Crippen LogP contribution in [0.15, 0.2) is 35.1 Å². The van der Waals surface area contributed by atoms with Gasteiger partial charge in [0, 0.05) is 18.5 Å². The summed E-state index contributed by atoms with van der Waals surface area (Å²) in [5.41, 5.74) is 1.01. The Morgan fingerprint density at radius 3 is 2.48 bits per heavy atom. The van der Waals surface area contributed by atoms with Crippen molar-refractivity contribution in [3.8, 4) is 0 Å². The van der Waals surface area contributed by atoms with Crippen LogP contribution in [0, 0.1) is 6.92 Å². The summed E-state index contributed by atoms with van der Waals surface area (Å²) in [6.45, 7) is 9.60. The Kier molecular flexibility index (Phi) is 6.59. The predicted octanol–water partition coefficient (Wildman–Crippen LogP) is 3.26. The fourth-order valence-corrected chi connectivity index (χ4v) is 4.54. The van der Waals surface area contributed by atoms with Gasteiger partial charge < -0.3 is 15.2 Å². The van der Waals surface area contributed by atoms with Gasteiger partial charge in [-0.15, -0.1) is 11.3 Å². The van der Waals surface area contributed by atoms with Crippen LogP contribution in [0.25, 0.3) is 10.2 Å². The van der Waals surface area contributed by atoms with Gasteiger partial charge in [0.25, 0.3) is 11.5 Å². The summed E-state index contributed by atoms with van der Waals surface area (Å²) in [6.07, 6.45) is 0.500. The van der Waals surface area contributed by atoms with Gasteiger partial charge in [-0.2, -0.15) is 0 Å². The number of carbonyl (C=O) groups is 2. The van der Waals surface area contributed by atoms with E-state index in [0.29, 0.717) is 39.4 Å². The first-order valence-electron chi connectivity index (χ1n) is 10.3. The molecule has 7 nitrogen and oxygen atoms in total. The fraction of sp³-hybridized carbons (Fsp3) is 0.391. The number of aromatic nitrogens is 2. The molecule has 2 heterocycles. The number of amides is 2. The second kappa shape index (κ2) is 9.01. The summed E-state index contributed by atoms with van der Waals surface area (Å²) in [5, 5.41) is 3.31. The number of rotatable bonds is 6. The minimum Gasteiger partial charge on any atom is -0.350 e. The number of nitrogens with zero attached hydrogens (tertiary/aromatic N) is 2. The van der Waals surface area contributed by atoms with Crippen LogP contribution in [-0.4, -0.2) is 45.3 Å². The summed E-state index contributed by atoms with van der Waals surface area (Å²) >= 11 is 1.20. The third-order valence-electron chi connectivity index (χ3n) is 4.78. The molecule has 2 amide bonds. The van der Waals surface area contributed by atoms with Gasteiger partial charge in [-0.05, 0) is 45.7 Å². The van der Waals surface area contributed by atoms with Gasteiger partial charge in [-0.3, -0.25) is 14.4 Å². The van der Waals surface area contributed by atoms with Crippen molar-refractivity contribution in [2.45, 2.75) is 46.6 Å². The van der Waals surface area contributed by atoms with E-state index < -0.39 is 0 Å². The second-order valence-electron chi connectivity index (χ2n) is 8.53. The molecule has 0 aliphatic carbocycles. The van der Waals surface area contributed by atoms with Crippen LogP contribution in [0.2, 0.25) is 0 Å². The second-order valence-corrected chi connectivity index (χ2v) is 9.53. The summed E-state index contributed by atoms with van der Waals surface area (Å²) in [4.78, 5) is 48.1. The zero-order valence-electron chi connectivity index (χ0n) is 18.5. The van der Waals surface area contributed by atoms with Crippen LogP contribution in [-0.2, 0) is 11.2 Å². The molecule has 0 fully saturated rings. The number of thiophene rings is 1. The van der Waals surface area contributed by atoms with E-state index in [-0.39, 0.29) is 29.5 Å². The number of hydrogen-bond acceptors (Lipinski definition) is 5. The van der Waals surface area contributed by atoms with Gasteiger partial charge in [0.05, 0.1) is 16.8 Å². The molecule has 8 heteroatoms. The Bertz CT molecular complexity index is 1160. The van der Waals surface area contributed by atoms with E-state index in [1.165, 1.54) is 16.2 Å². The molecule has 2 N–H and O–H groups in total. The van der Waals surface area contributed by atoms with E-state index in [1.54, 1.807) is 6.92 Å². The van der Waals surface area contributed by atoms with Gasteiger partial charge in [-0.25, -0.2) is 4.98 Å². The van der Waals surface area contributed by atoms with Crippen molar-refractivity contribution >= 4 is 33.4 Å². The summed E-state index contributed by atoms with van der Waals surface area (Å²) < 4.78 is 0. The molecule has 0 radical (unpaired) electrons. The van der Waals surface area contributed by atoms with Gasteiger partial charge in [-0.1, -0.05) is 30.3 Å². The normalized spacial score (nSPS) is 11.5. The maximum Gasteiger partial charge on any atom is 0.264 e. The highest BCUT2D eigenvalue weighted by molar-refractivity contribution is 7.20. The first-order chi connectivity index (χ1) is 14.6. The molecule has 3 aromatic rings. The van der Waals surface area contributed by atoms with E-state index in [1.807, 2.05) is 58.0 Å². The number of H-pyrrole nitrogens is 1. The van der Waals surface area contributed by atoms with Crippen LogP contribution in [0.5, 0.6) is 0 Å². The number of likely N-dealkylation sites (N-methyl/N-ethyl adjacent to an activating group) is 1. The van der Waals surface area contributed by atoms with Gasteiger partial charge >= 0.3 is 0 Å². The number of carbonyl (C=O) groups excluding carboxylic acids is 2. The largest absolute Gasteiger partial charge is 0.350 e. The number of aromatic amines is 1. The average Bonchev–Trinajstić information content (AvgIpc) is 3.02. The summed E-state index contributed by atoms with van der Waals surface area (Å²) in [6, 6.07) is 9.76. The quantitative estimate of drug-likeness (QED) is 0.615. The van der Waals surface area contributed by atoms with Crippen molar-refractivity contribution in [1.29, 1.82) is 0 Å². The van der Waals surface area contributed by atoms with Crippen LogP contribution < -0.4 is 10.9 Å². The highest BCUT2D eigenvalue weighted by Gasteiger charge is 2.25. The minimum atomic E-state index is -0.376. The number of benzene rings is 1.